The van der Waals surface area contributed by atoms with Crippen LogP contribution in [0.25, 0.3) is 0 Å². The molecule has 0 spiro atoms. The summed E-state index contributed by atoms with van der Waals surface area (Å²) < 4.78 is 0. The van der Waals surface area contributed by atoms with E-state index in [0.29, 0.717) is 12.0 Å². The summed E-state index contributed by atoms with van der Waals surface area (Å²) in [5.41, 5.74) is -0.208. The molecule has 4 nitrogen and oxygen atoms in total. The molecule has 2 aliphatic heterocycles. The zero-order valence-electron chi connectivity index (χ0n) is 13.5. The maximum Gasteiger partial charge on any atom is 0.194 e. The number of hydrogen-bond acceptors (Lipinski definition) is 3. The summed E-state index contributed by atoms with van der Waals surface area (Å²) >= 11 is 1.82. The second kappa shape index (κ2) is 5.41. The molecule has 2 N–H and O–H groups in total. The molecule has 0 aromatic heterocycles. The molecule has 0 aromatic carbocycles. The number of hydrogen-bond donors (Lipinski definition) is 2. The van der Waals surface area contributed by atoms with Crippen LogP contribution in [-0.2, 0) is 0 Å². The van der Waals surface area contributed by atoms with E-state index in [1.807, 2.05) is 11.8 Å². The highest BCUT2D eigenvalue weighted by Crippen LogP contribution is 2.46. The monoisotopic (exact) mass is 299 g/mol. The van der Waals surface area contributed by atoms with Crippen molar-refractivity contribution in [2.75, 3.05) is 31.1 Å². The van der Waals surface area contributed by atoms with Gasteiger partial charge < -0.3 is 15.3 Å². The van der Waals surface area contributed by atoms with Crippen molar-refractivity contribution >= 4 is 17.7 Å². The number of thioether (sulfide) groups is 1. The fourth-order valence-corrected chi connectivity index (χ4v) is 4.02. The number of rotatable bonds is 3. The van der Waals surface area contributed by atoms with Crippen molar-refractivity contribution in [1.29, 1.82) is 0 Å². The molecule has 0 bridgehead atoms. The van der Waals surface area contributed by atoms with Crippen LogP contribution in [0.1, 0.15) is 41.0 Å². The average molecular weight is 299 g/mol. The van der Waals surface area contributed by atoms with Crippen molar-refractivity contribution in [2.24, 2.45) is 10.4 Å². The third kappa shape index (κ3) is 2.80. The van der Waals surface area contributed by atoms with Gasteiger partial charge in [-0.25, -0.2) is 0 Å². The van der Waals surface area contributed by atoms with Gasteiger partial charge in [-0.15, -0.1) is 0 Å². The van der Waals surface area contributed by atoms with Crippen LogP contribution in [0.4, 0.5) is 0 Å². The summed E-state index contributed by atoms with van der Waals surface area (Å²) in [5, 5.41) is 13.8. The summed E-state index contributed by atoms with van der Waals surface area (Å²) in [6, 6.07) is 0. The highest BCUT2D eigenvalue weighted by Gasteiger charge is 2.53. The minimum Gasteiger partial charge on any atom is -0.387 e. The smallest absolute Gasteiger partial charge is 0.194 e. The Bertz CT molecular complexity index is 387. The predicted molar refractivity (Wildman–Crippen MR) is 87.4 cm³/mol. The van der Waals surface area contributed by atoms with Gasteiger partial charge in [-0.05, 0) is 32.9 Å². The Labute approximate surface area is 127 Å². The second-order valence-corrected chi connectivity index (χ2v) is 8.33. The summed E-state index contributed by atoms with van der Waals surface area (Å²) in [6.45, 7) is 13.6. The molecule has 0 aliphatic carbocycles. The first-order chi connectivity index (χ1) is 9.22. The topological polar surface area (TPSA) is 47.9 Å². The van der Waals surface area contributed by atoms with Gasteiger partial charge in [0.25, 0.3) is 0 Å². The molecule has 2 aliphatic rings. The third-order valence-corrected chi connectivity index (χ3v) is 6.31. The number of guanidine groups is 1. The van der Waals surface area contributed by atoms with Gasteiger partial charge in [0, 0.05) is 29.8 Å². The first kappa shape index (κ1) is 16.0. The highest BCUT2D eigenvalue weighted by atomic mass is 32.2. The zero-order valence-corrected chi connectivity index (χ0v) is 14.3. The Balaban J connectivity index is 2.08. The van der Waals surface area contributed by atoms with Crippen LogP contribution < -0.4 is 5.32 Å². The molecule has 2 fully saturated rings. The molecular weight excluding hydrogens is 270 g/mol. The maximum atomic E-state index is 10.4. The molecule has 20 heavy (non-hydrogen) atoms. The fourth-order valence-electron chi connectivity index (χ4n) is 2.74. The van der Waals surface area contributed by atoms with E-state index >= 15 is 0 Å². The average Bonchev–Trinajstić information content (AvgIpc) is 2.79. The van der Waals surface area contributed by atoms with Gasteiger partial charge in [-0.2, -0.15) is 11.8 Å². The van der Waals surface area contributed by atoms with Crippen LogP contribution in [0, 0.1) is 5.41 Å². The minimum absolute atomic E-state index is 0.0983. The van der Waals surface area contributed by atoms with E-state index in [1.165, 1.54) is 0 Å². The van der Waals surface area contributed by atoms with Crippen LogP contribution in [-0.4, -0.2) is 58.2 Å². The van der Waals surface area contributed by atoms with Gasteiger partial charge in [-0.3, -0.25) is 4.99 Å². The molecule has 0 aromatic rings. The molecule has 0 radical (unpaired) electrons. The van der Waals surface area contributed by atoms with E-state index in [4.69, 9.17) is 4.99 Å². The lowest BCUT2D eigenvalue weighted by molar-refractivity contribution is -0.0670. The zero-order chi connectivity index (χ0) is 15.0. The molecule has 2 rings (SSSR count). The van der Waals surface area contributed by atoms with Crippen LogP contribution in [0.15, 0.2) is 4.99 Å². The standard InChI is InChI=1S/C15H29N3OS/c1-6-16-12(17-9-15(19)7-8-20-11-15)18-10-13(2,3)14(18,4)5/h19H,6-11H2,1-5H3,(H,16,17). The van der Waals surface area contributed by atoms with E-state index in [1.54, 1.807) is 0 Å². The maximum absolute atomic E-state index is 10.4. The first-order valence-electron chi connectivity index (χ1n) is 7.58. The molecule has 1 unspecified atom stereocenters. The lowest BCUT2D eigenvalue weighted by atomic mass is 9.65. The van der Waals surface area contributed by atoms with Crippen LogP contribution >= 0.6 is 11.8 Å². The second-order valence-electron chi connectivity index (χ2n) is 7.23. The van der Waals surface area contributed by atoms with Crippen LogP contribution in [0.3, 0.4) is 0 Å². The van der Waals surface area contributed by atoms with Crippen molar-refractivity contribution in [2.45, 2.75) is 52.2 Å². The Morgan fingerprint density at radius 1 is 1.35 bits per heavy atom. The van der Waals surface area contributed by atoms with Crippen molar-refractivity contribution in [3.63, 3.8) is 0 Å². The normalized spacial score (nSPS) is 32.1. The van der Waals surface area contributed by atoms with Gasteiger partial charge in [0.15, 0.2) is 5.96 Å². The van der Waals surface area contributed by atoms with E-state index in [0.717, 1.165) is 37.0 Å². The third-order valence-electron chi connectivity index (χ3n) is 5.08. The Hall–Kier alpha value is -0.420. The molecule has 0 amide bonds. The van der Waals surface area contributed by atoms with E-state index in [9.17, 15) is 5.11 Å². The molecule has 1 atom stereocenters. The lowest BCUT2D eigenvalue weighted by Crippen LogP contribution is -2.72. The number of likely N-dealkylation sites (tertiary alicyclic amines) is 1. The molecular formula is C15H29N3OS. The quantitative estimate of drug-likeness (QED) is 0.618. The number of nitrogens with zero attached hydrogens (tertiary/aromatic N) is 2. The van der Waals surface area contributed by atoms with E-state index in [2.05, 4.69) is 44.8 Å². The molecule has 116 valence electrons. The van der Waals surface area contributed by atoms with Gasteiger partial charge in [0.05, 0.1) is 12.1 Å². The van der Waals surface area contributed by atoms with Crippen molar-refractivity contribution in [3.05, 3.63) is 0 Å². The van der Waals surface area contributed by atoms with Crippen LogP contribution in [0.5, 0.6) is 0 Å². The predicted octanol–water partition coefficient (Wildman–Crippen LogP) is 1.94. The number of nitrogens with one attached hydrogen (secondary N) is 1. The summed E-state index contributed by atoms with van der Waals surface area (Å²) in [7, 11) is 0. The summed E-state index contributed by atoms with van der Waals surface area (Å²) in [4.78, 5) is 7.05. The summed E-state index contributed by atoms with van der Waals surface area (Å²) in [5.74, 6) is 2.80. The van der Waals surface area contributed by atoms with Gasteiger partial charge in [0.1, 0.15) is 0 Å². The van der Waals surface area contributed by atoms with E-state index < -0.39 is 5.60 Å². The molecule has 2 heterocycles. The van der Waals surface area contributed by atoms with Gasteiger partial charge >= 0.3 is 0 Å². The van der Waals surface area contributed by atoms with Crippen molar-refractivity contribution in [1.82, 2.24) is 10.2 Å². The lowest BCUT2D eigenvalue weighted by Gasteiger charge is -2.62. The van der Waals surface area contributed by atoms with E-state index in [-0.39, 0.29) is 5.54 Å². The SMILES string of the molecule is CCNC(=NCC1(O)CCSC1)N1CC(C)(C)C1(C)C. The van der Waals surface area contributed by atoms with Crippen LogP contribution in [0.2, 0.25) is 0 Å². The summed E-state index contributed by atoms with van der Waals surface area (Å²) in [6.07, 6.45) is 0.857. The van der Waals surface area contributed by atoms with Crippen molar-refractivity contribution < 1.29 is 5.11 Å². The Kier molecular flexibility index (Phi) is 4.32. The van der Waals surface area contributed by atoms with Gasteiger partial charge in [-0.1, -0.05) is 13.8 Å². The fraction of sp³-hybridized carbons (Fsp3) is 0.933. The first-order valence-corrected chi connectivity index (χ1v) is 8.73. The van der Waals surface area contributed by atoms with Crippen molar-refractivity contribution in [3.8, 4) is 0 Å². The Morgan fingerprint density at radius 3 is 2.50 bits per heavy atom. The largest absolute Gasteiger partial charge is 0.387 e. The molecule has 5 heteroatoms. The Morgan fingerprint density at radius 2 is 2.05 bits per heavy atom. The van der Waals surface area contributed by atoms with Gasteiger partial charge in [0.2, 0.25) is 0 Å². The molecule has 2 saturated heterocycles. The highest BCUT2D eigenvalue weighted by molar-refractivity contribution is 7.99. The molecule has 0 saturated carbocycles. The number of aliphatic imine (C=N–C) groups is 1. The minimum atomic E-state index is -0.601. The number of aliphatic hydroxyl groups is 1.